The fourth-order valence-corrected chi connectivity index (χ4v) is 4.40. The Morgan fingerprint density at radius 3 is 2.04 bits per heavy atom. The number of nitrogens with one attached hydrogen (secondary N) is 1. The molecule has 0 aliphatic carbocycles. The molecule has 0 bridgehead atoms. The molecule has 1 aliphatic heterocycles. The number of hydrogen-bond acceptors (Lipinski definition) is 6. The second-order valence-corrected chi connectivity index (χ2v) is 10.2. The second kappa shape index (κ2) is 25.9. The Kier molecular flexibility index (Phi) is 22.2. The Bertz CT molecular complexity index is 1380. The van der Waals surface area contributed by atoms with Crippen LogP contribution in [-0.2, 0) is 23.8 Å². The lowest BCUT2D eigenvalue weighted by Crippen LogP contribution is -2.62. The van der Waals surface area contributed by atoms with Crippen LogP contribution in [0, 0.1) is 89.3 Å². The predicted molar refractivity (Wildman–Crippen MR) is 175 cm³/mol. The molecule has 0 radical (unpaired) electrons. The Hall–Kier alpha value is -4.52. The van der Waals surface area contributed by atoms with Gasteiger partial charge in [0.15, 0.2) is 5.78 Å². The monoisotopic (exact) mass is 609 g/mol. The molecule has 2 N–H and O–H groups in total. The molecular weight excluding hydrogens is 566 g/mol. The molecule has 0 unspecified atom stereocenters. The first-order valence-electron chi connectivity index (χ1n) is 15.4. The molecule has 0 aromatic carbocycles. The van der Waals surface area contributed by atoms with Crippen LogP contribution < -0.4 is 5.32 Å². The molecule has 0 saturated carbocycles. The van der Waals surface area contributed by atoms with Crippen molar-refractivity contribution in [1.29, 1.82) is 0 Å². The Balaban J connectivity index is 2.73. The van der Waals surface area contributed by atoms with Gasteiger partial charge in [0.1, 0.15) is 6.04 Å². The van der Waals surface area contributed by atoms with Crippen LogP contribution in [0.3, 0.4) is 0 Å². The lowest BCUT2D eigenvalue weighted by atomic mass is 9.89. The summed E-state index contributed by atoms with van der Waals surface area (Å²) in [5.74, 6) is 30.8. The maximum Gasteiger partial charge on any atom is 0.228 e. The van der Waals surface area contributed by atoms with Gasteiger partial charge in [0.2, 0.25) is 12.2 Å². The highest BCUT2D eigenvalue weighted by Gasteiger charge is 2.46. The van der Waals surface area contributed by atoms with Crippen molar-refractivity contribution < 1.29 is 28.9 Å². The topological polar surface area (TPSA) is 94.1 Å². The van der Waals surface area contributed by atoms with Gasteiger partial charge in [-0.3, -0.25) is 9.59 Å². The minimum atomic E-state index is -0.896. The van der Waals surface area contributed by atoms with Gasteiger partial charge < -0.3 is 24.6 Å². The van der Waals surface area contributed by atoms with Crippen molar-refractivity contribution in [3.05, 3.63) is 12.3 Å². The maximum atomic E-state index is 12.9. The second-order valence-electron chi connectivity index (χ2n) is 10.2. The van der Waals surface area contributed by atoms with Crippen LogP contribution in [-0.4, -0.2) is 54.6 Å². The molecule has 0 spiro atoms. The highest BCUT2D eigenvalue weighted by atomic mass is 16.7. The van der Waals surface area contributed by atoms with Crippen molar-refractivity contribution in [2.75, 3.05) is 13.2 Å². The van der Waals surface area contributed by atoms with E-state index >= 15 is 0 Å². The van der Waals surface area contributed by atoms with Crippen LogP contribution in [0.2, 0.25) is 0 Å². The van der Waals surface area contributed by atoms with Crippen LogP contribution >= 0.6 is 0 Å². The number of ketones is 1. The number of allylic oxidation sites excluding steroid dienone is 1. The number of hydrogen-bond donors (Lipinski definition) is 2. The lowest BCUT2D eigenvalue weighted by molar-refractivity contribution is -0.245. The van der Waals surface area contributed by atoms with Gasteiger partial charge in [-0.25, -0.2) is 0 Å². The third-order valence-electron chi connectivity index (χ3n) is 6.65. The van der Waals surface area contributed by atoms with E-state index in [4.69, 9.17) is 20.6 Å². The number of amides is 1. The minimum Gasteiger partial charge on any atom is -0.471 e. The van der Waals surface area contributed by atoms with Crippen LogP contribution in [0.15, 0.2) is 12.3 Å². The number of aliphatic hydroxyl groups excluding tert-OH is 1. The summed E-state index contributed by atoms with van der Waals surface area (Å²) in [6.45, 7) is 6.21. The number of carbonyl (C=O) groups excluding carboxylic acids is 2. The quantitative estimate of drug-likeness (QED) is 0.113. The lowest BCUT2D eigenvalue weighted by Gasteiger charge is -2.44. The van der Waals surface area contributed by atoms with Crippen molar-refractivity contribution in [1.82, 2.24) is 5.32 Å². The van der Waals surface area contributed by atoms with E-state index in [0.29, 0.717) is 6.61 Å². The number of carbonyl (C=O) groups is 2. The molecule has 236 valence electrons. The highest BCUT2D eigenvalue weighted by Crippen LogP contribution is 2.29. The summed E-state index contributed by atoms with van der Waals surface area (Å²) in [6.07, 6.45) is 15.1. The first-order chi connectivity index (χ1) is 22.0. The standard InChI is InChI=1S/C38H43NO6/c1-5-8-10-12-14-16-17-18-19-20-21-23-25-27-33(41)30-35(42)39-36-37(43-29-26-24-22-15-13-11-9-6-2)32(4)34(31-40)45-38(36)44-28-7-3/h1,7,28,32,34,36-38,40H,6,9,11,13,15,22,24,26-27,29-31H2,2-4H3,(H,39,42)/b28-7-/t32-,34-,36-,37+,38-/m1/s1. The molecule has 7 nitrogen and oxygen atoms in total. The van der Waals surface area contributed by atoms with Gasteiger partial charge in [0.05, 0.1) is 37.9 Å². The largest absolute Gasteiger partial charge is 0.471 e. The maximum absolute atomic E-state index is 12.9. The van der Waals surface area contributed by atoms with Crippen LogP contribution in [0.25, 0.3) is 0 Å². The van der Waals surface area contributed by atoms with E-state index in [2.05, 4.69) is 89.2 Å². The van der Waals surface area contributed by atoms with Gasteiger partial charge in [-0.2, -0.15) is 0 Å². The summed E-state index contributed by atoms with van der Waals surface area (Å²) >= 11 is 0. The van der Waals surface area contributed by atoms with Gasteiger partial charge in [0, 0.05) is 12.5 Å². The van der Waals surface area contributed by atoms with Crippen molar-refractivity contribution >= 4 is 11.7 Å². The van der Waals surface area contributed by atoms with Crippen molar-refractivity contribution in [2.45, 2.75) is 110 Å². The zero-order chi connectivity index (χ0) is 33.0. The van der Waals surface area contributed by atoms with E-state index in [0.717, 1.165) is 19.3 Å². The van der Waals surface area contributed by atoms with E-state index in [1.54, 1.807) is 13.0 Å². The van der Waals surface area contributed by atoms with Crippen LogP contribution in [0.4, 0.5) is 0 Å². The summed E-state index contributed by atoms with van der Waals surface area (Å²) in [7, 11) is 0. The summed E-state index contributed by atoms with van der Waals surface area (Å²) in [5, 5.41) is 12.8. The van der Waals surface area contributed by atoms with Crippen molar-refractivity contribution in [2.24, 2.45) is 5.92 Å². The number of rotatable bonds is 17. The van der Waals surface area contributed by atoms with E-state index in [1.165, 1.54) is 38.4 Å². The normalized spacial score (nSPS) is 19.4. The molecule has 1 amide bonds. The molecule has 7 heteroatoms. The molecule has 1 rings (SSSR count). The van der Waals surface area contributed by atoms with Crippen molar-refractivity contribution in [3.63, 3.8) is 0 Å². The summed E-state index contributed by atoms with van der Waals surface area (Å²) in [6, 6.07) is -0.686. The Morgan fingerprint density at radius 1 is 0.889 bits per heavy atom. The molecule has 45 heavy (non-hydrogen) atoms. The SMILES string of the molecule is C#CC#CC#CC#CC#CC#CC#CCC(=O)CC(=O)N[C@H]1[C@H](O/C=C\C)O[C@H](CO)[C@@H](C)[C@@H]1OCCCCCCCCCC. The number of aliphatic hydroxyl groups is 1. The Labute approximate surface area is 270 Å². The number of unbranched alkanes of at least 4 members (excludes halogenated alkanes) is 7. The van der Waals surface area contributed by atoms with Crippen LogP contribution in [0.5, 0.6) is 0 Å². The van der Waals surface area contributed by atoms with Crippen molar-refractivity contribution in [3.8, 4) is 83.4 Å². The first kappa shape index (κ1) is 38.5. The highest BCUT2D eigenvalue weighted by molar-refractivity contribution is 5.99. The third-order valence-corrected chi connectivity index (χ3v) is 6.65. The summed E-state index contributed by atoms with van der Waals surface area (Å²) < 4.78 is 18.0. The third kappa shape index (κ3) is 18.0. The molecule has 1 heterocycles. The zero-order valence-electron chi connectivity index (χ0n) is 26.6. The first-order valence-corrected chi connectivity index (χ1v) is 15.4. The molecule has 1 aliphatic rings. The van der Waals surface area contributed by atoms with Gasteiger partial charge >= 0.3 is 0 Å². The average Bonchev–Trinajstić information content (AvgIpc) is 3.03. The van der Waals surface area contributed by atoms with Gasteiger partial charge in [0.25, 0.3) is 0 Å². The fraction of sp³-hybridized carbons (Fsp3) is 0.526. The Morgan fingerprint density at radius 2 is 1.47 bits per heavy atom. The predicted octanol–water partition coefficient (Wildman–Crippen LogP) is 3.90. The number of ether oxygens (including phenoxy) is 3. The molecule has 1 fully saturated rings. The van der Waals surface area contributed by atoms with E-state index < -0.39 is 30.4 Å². The number of Topliss-reactive ketones (excluding diaryl/α,β-unsaturated/α-hetero) is 1. The smallest absolute Gasteiger partial charge is 0.228 e. The van der Waals surface area contributed by atoms with E-state index in [-0.39, 0.29) is 31.1 Å². The minimum absolute atomic E-state index is 0.148. The van der Waals surface area contributed by atoms with Crippen LogP contribution in [0.1, 0.15) is 85.0 Å². The van der Waals surface area contributed by atoms with E-state index in [9.17, 15) is 14.7 Å². The van der Waals surface area contributed by atoms with Gasteiger partial charge in [-0.15, -0.1) is 6.42 Å². The summed E-state index contributed by atoms with van der Waals surface area (Å²) in [4.78, 5) is 25.3. The zero-order valence-corrected chi connectivity index (χ0v) is 26.6. The number of terminal acetylenes is 1. The van der Waals surface area contributed by atoms with Gasteiger partial charge in [-0.05, 0) is 84.4 Å². The molecule has 0 aromatic heterocycles. The van der Waals surface area contributed by atoms with Gasteiger partial charge in [-0.1, -0.05) is 70.8 Å². The fourth-order valence-electron chi connectivity index (χ4n) is 4.40. The molecule has 5 atom stereocenters. The average molecular weight is 610 g/mol. The van der Waals surface area contributed by atoms with E-state index in [1.807, 2.05) is 6.92 Å². The summed E-state index contributed by atoms with van der Waals surface area (Å²) in [5.41, 5.74) is 0. The molecular formula is C38H43NO6. The molecule has 0 aromatic rings. The molecule has 1 saturated heterocycles.